The van der Waals surface area contributed by atoms with Crippen LogP contribution in [0.25, 0.3) is 0 Å². The molecule has 1 aliphatic rings. The average molecular weight is 343 g/mol. The molecule has 0 aromatic heterocycles. The van der Waals surface area contributed by atoms with E-state index < -0.39 is 15.4 Å². The summed E-state index contributed by atoms with van der Waals surface area (Å²) in [6.45, 7) is 5.39. The SMILES string of the molecule is COc1ccc(CNC[C@@H]2CCCO2)cc1OS(=O)(=O)C(C)C. The molecule has 1 heterocycles. The van der Waals surface area contributed by atoms with E-state index in [-0.39, 0.29) is 11.9 Å². The van der Waals surface area contributed by atoms with Gasteiger partial charge in [-0.1, -0.05) is 6.07 Å². The Bertz CT molecular complexity index is 609. The lowest BCUT2D eigenvalue weighted by Crippen LogP contribution is -2.25. The smallest absolute Gasteiger partial charge is 0.311 e. The first kappa shape index (κ1) is 18.0. The molecule has 0 radical (unpaired) electrons. The molecule has 1 fully saturated rings. The van der Waals surface area contributed by atoms with Gasteiger partial charge in [0.05, 0.1) is 18.5 Å². The Morgan fingerprint density at radius 3 is 2.74 bits per heavy atom. The van der Waals surface area contributed by atoms with Gasteiger partial charge in [0.15, 0.2) is 11.5 Å². The van der Waals surface area contributed by atoms with Gasteiger partial charge in [0.1, 0.15) is 0 Å². The van der Waals surface area contributed by atoms with Gasteiger partial charge in [-0.2, -0.15) is 8.42 Å². The first-order chi connectivity index (χ1) is 10.9. The molecule has 1 atom stereocenters. The Morgan fingerprint density at radius 2 is 2.13 bits per heavy atom. The van der Waals surface area contributed by atoms with Crippen LogP contribution in [-0.4, -0.2) is 40.0 Å². The molecule has 7 heteroatoms. The van der Waals surface area contributed by atoms with Crippen molar-refractivity contribution in [2.75, 3.05) is 20.3 Å². The van der Waals surface area contributed by atoms with Crippen molar-refractivity contribution in [1.82, 2.24) is 5.32 Å². The van der Waals surface area contributed by atoms with Crippen molar-refractivity contribution in [2.24, 2.45) is 0 Å². The molecule has 1 N–H and O–H groups in total. The monoisotopic (exact) mass is 343 g/mol. The predicted molar refractivity (Wildman–Crippen MR) is 88.4 cm³/mol. The minimum atomic E-state index is -3.65. The normalized spacial score (nSPS) is 18.3. The van der Waals surface area contributed by atoms with Crippen LogP contribution in [0.4, 0.5) is 0 Å². The fourth-order valence-corrected chi connectivity index (χ4v) is 2.87. The molecule has 1 aromatic rings. The van der Waals surface area contributed by atoms with E-state index in [1.54, 1.807) is 26.0 Å². The van der Waals surface area contributed by atoms with Crippen molar-refractivity contribution in [3.63, 3.8) is 0 Å². The van der Waals surface area contributed by atoms with E-state index in [0.29, 0.717) is 12.3 Å². The number of benzene rings is 1. The number of hydrogen-bond acceptors (Lipinski definition) is 6. The Hall–Kier alpha value is -1.31. The van der Waals surface area contributed by atoms with Crippen LogP contribution in [0.3, 0.4) is 0 Å². The van der Waals surface area contributed by atoms with Crippen LogP contribution in [0, 0.1) is 0 Å². The number of methoxy groups -OCH3 is 1. The highest BCUT2D eigenvalue weighted by Crippen LogP contribution is 2.30. The average Bonchev–Trinajstić information content (AvgIpc) is 3.00. The molecule has 1 saturated heterocycles. The molecule has 0 amide bonds. The summed E-state index contributed by atoms with van der Waals surface area (Å²) >= 11 is 0. The van der Waals surface area contributed by atoms with Gasteiger partial charge in [-0.05, 0) is 44.4 Å². The Labute approximate surface area is 138 Å². The van der Waals surface area contributed by atoms with Gasteiger partial charge in [0.2, 0.25) is 0 Å². The standard InChI is InChI=1S/C16H25NO5S/c1-12(2)23(18,19)22-16-9-13(6-7-15(16)20-3)10-17-11-14-5-4-8-21-14/h6-7,9,12,14,17H,4-5,8,10-11H2,1-3H3/t14-/m0/s1. The highest BCUT2D eigenvalue weighted by atomic mass is 32.2. The summed E-state index contributed by atoms with van der Waals surface area (Å²) in [6.07, 6.45) is 2.46. The van der Waals surface area contributed by atoms with E-state index in [2.05, 4.69) is 5.32 Å². The van der Waals surface area contributed by atoms with Crippen LogP contribution < -0.4 is 14.2 Å². The summed E-state index contributed by atoms with van der Waals surface area (Å²) in [5, 5.41) is 2.71. The second-order valence-corrected chi connectivity index (χ2v) is 7.97. The summed E-state index contributed by atoms with van der Waals surface area (Å²) in [7, 11) is -2.17. The van der Waals surface area contributed by atoms with Crippen molar-refractivity contribution < 1.29 is 22.1 Å². The van der Waals surface area contributed by atoms with E-state index in [1.165, 1.54) is 7.11 Å². The largest absolute Gasteiger partial charge is 0.493 e. The first-order valence-electron chi connectivity index (χ1n) is 7.85. The fraction of sp³-hybridized carbons (Fsp3) is 0.625. The third-order valence-corrected chi connectivity index (χ3v) is 5.30. The molecule has 1 aromatic carbocycles. The van der Waals surface area contributed by atoms with E-state index in [1.807, 2.05) is 6.07 Å². The number of hydrogen-bond donors (Lipinski definition) is 1. The van der Waals surface area contributed by atoms with Gasteiger partial charge in [-0.25, -0.2) is 0 Å². The van der Waals surface area contributed by atoms with Crippen molar-refractivity contribution >= 4 is 10.1 Å². The topological polar surface area (TPSA) is 73.9 Å². The lowest BCUT2D eigenvalue weighted by molar-refractivity contribution is 0.110. The van der Waals surface area contributed by atoms with Gasteiger partial charge in [-0.3, -0.25) is 0 Å². The second kappa shape index (κ2) is 7.99. The third kappa shape index (κ3) is 5.09. The minimum Gasteiger partial charge on any atom is -0.493 e. The lowest BCUT2D eigenvalue weighted by Gasteiger charge is -2.15. The molecular weight excluding hydrogens is 318 g/mol. The Balaban J connectivity index is 2.02. The minimum absolute atomic E-state index is 0.220. The molecule has 0 saturated carbocycles. The van der Waals surface area contributed by atoms with Crippen LogP contribution in [0.5, 0.6) is 11.5 Å². The van der Waals surface area contributed by atoms with Crippen molar-refractivity contribution in [3.8, 4) is 11.5 Å². The van der Waals surface area contributed by atoms with Crippen molar-refractivity contribution in [3.05, 3.63) is 23.8 Å². The van der Waals surface area contributed by atoms with E-state index >= 15 is 0 Å². The van der Waals surface area contributed by atoms with Crippen LogP contribution in [0.15, 0.2) is 18.2 Å². The molecule has 0 bridgehead atoms. The Kier molecular flexibility index (Phi) is 6.26. The molecular formula is C16H25NO5S. The zero-order valence-corrected chi connectivity index (χ0v) is 14.7. The maximum Gasteiger partial charge on any atom is 0.311 e. The maximum absolute atomic E-state index is 12.0. The van der Waals surface area contributed by atoms with E-state index in [0.717, 1.165) is 31.6 Å². The lowest BCUT2D eigenvalue weighted by atomic mass is 10.2. The predicted octanol–water partition coefficient (Wildman–Crippen LogP) is 2.08. The summed E-state index contributed by atoms with van der Waals surface area (Å²) in [6, 6.07) is 5.30. The van der Waals surface area contributed by atoms with Gasteiger partial charge in [0.25, 0.3) is 0 Å². The zero-order chi connectivity index (χ0) is 16.9. The van der Waals surface area contributed by atoms with Crippen LogP contribution in [-0.2, 0) is 21.4 Å². The summed E-state index contributed by atoms with van der Waals surface area (Å²) in [5.41, 5.74) is 0.928. The molecule has 0 unspecified atom stereocenters. The zero-order valence-electron chi connectivity index (χ0n) is 13.9. The van der Waals surface area contributed by atoms with Crippen molar-refractivity contribution in [1.29, 1.82) is 0 Å². The second-order valence-electron chi connectivity index (χ2n) is 5.88. The molecule has 0 spiro atoms. The van der Waals surface area contributed by atoms with Crippen LogP contribution in [0.1, 0.15) is 32.3 Å². The van der Waals surface area contributed by atoms with Gasteiger partial charge < -0.3 is 19.0 Å². The Morgan fingerprint density at radius 1 is 1.35 bits per heavy atom. The molecule has 130 valence electrons. The van der Waals surface area contributed by atoms with Gasteiger partial charge >= 0.3 is 10.1 Å². The maximum atomic E-state index is 12.0. The fourth-order valence-electron chi connectivity index (χ4n) is 2.30. The number of nitrogens with one attached hydrogen (secondary N) is 1. The third-order valence-electron chi connectivity index (χ3n) is 3.74. The summed E-state index contributed by atoms with van der Waals surface area (Å²) in [5.74, 6) is 0.620. The molecule has 2 rings (SSSR count). The summed E-state index contributed by atoms with van der Waals surface area (Å²) in [4.78, 5) is 0. The quantitative estimate of drug-likeness (QED) is 0.729. The van der Waals surface area contributed by atoms with E-state index in [9.17, 15) is 8.42 Å². The molecule has 1 aliphatic heterocycles. The molecule has 0 aliphatic carbocycles. The number of rotatable bonds is 8. The summed E-state index contributed by atoms with van der Waals surface area (Å²) < 4.78 is 39.9. The molecule has 6 nitrogen and oxygen atoms in total. The first-order valence-corrected chi connectivity index (χ1v) is 9.32. The van der Waals surface area contributed by atoms with Gasteiger partial charge in [0, 0.05) is 19.7 Å². The highest BCUT2D eigenvalue weighted by Gasteiger charge is 2.21. The van der Waals surface area contributed by atoms with E-state index in [4.69, 9.17) is 13.7 Å². The van der Waals surface area contributed by atoms with Crippen LogP contribution >= 0.6 is 0 Å². The van der Waals surface area contributed by atoms with Gasteiger partial charge in [-0.15, -0.1) is 0 Å². The van der Waals surface area contributed by atoms with Crippen LogP contribution in [0.2, 0.25) is 0 Å². The van der Waals surface area contributed by atoms with Crippen molar-refractivity contribution in [2.45, 2.75) is 44.6 Å². The highest BCUT2D eigenvalue weighted by molar-refractivity contribution is 7.87. The molecule has 23 heavy (non-hydrogen) atoms. The number of ether oxygens (including phenoxy) is 2.